The molecule has 0 fully saturated rings. The SMILES string of the molecule is N#Cc1sc(Cl)nc1C(F)(F)F. The summed E-state index contributed by atoms with van der Waals surface area (Å²) in [7, 11) is 0. The molecule has 0 atom stereocenters. The van der Waals surface area contributed by atoms with Crippen molar-refractivity contribution in [2.75, 3.05) is 0 Å². The zero-order valence-electron chi connectivity index (χ0n) is 5.31. The highest BCUT2D eigenvalue weighted by molar-refractivity contribution is 7.16. The minimum atomic E-state index is -4.60. The molecule has 7 heteroatoms. The highest BCUT2D eigenvalue weighted by atomic mass is 35.5. The third kappa shape index (κ3) is 1.68. The number of hydrogen-bond acceptors (Lipinski definition) is 3. The molecular weight excluding hydrogens is 213 g/mol. The van der Waals surface area contributed by atoms with Gasteiger partial charge in [0.15, 0.2) is 10.2 Å². The predicted octanol–water partition coefficient (Wildman–Crippen LogP) is 2.69. The number of rotatable bonds is 0. The number of hydrogen-bond donors (Lipinski definition) is 0. The Morgan fingerprint density at radius 1 is 1.50 bits per heavy atom. The van der Waals surface area contributed by atoms with Crippen LogP contribution in [-0.4, -0.2) is 4.98 Å². The summed E-state index contributed by atoms with van der Waals surface area (Å²) < 4.78 is 35.7. The van der Waals surface area contributed by atoms with E-state index in [0.717, 1.165) is 0 Å². The maximum Gasteiger partial charge on any atom is 0.435 e. The van der Waals surface area contributed by atoms with E-state index in [9.17, 15) is 13.2 Å². The summed E-state index contributed by atoms with van der Waals surface area (Å²) in [4.78, 5) is 2.48. The molecule has 0 N–H and O–H groups in total. The number of halogens is 4. The summed E-state index contributed by atoms with van der Waals surface area (Å²) >= 11 is 5.72. The van der Waals surface area contributed by atoms with E-state index in [1.807, 2.05) is 0 Å². The van der Waals surface area contributed by atoms with Gasteiger partial charge in [0, 0.05) is 0 Å². The van der Waals surface area contributed by atoms with Gasteiger partial charge >= 0.3 is 6.18 Å². The van der Waals surface area contributed by atoms with E-state index in [1.54, 1.807) is 0 Å². The van der Waals surface area contributed by atoms with Crippen LogP contribution in [0.1, 0.15) is 10.6 Å². The van der Waals surface area contributed by atoms with Crippen LogP contribution in [0.15, 0.2) is 0 Å². The van der Waals surface area contributed by atoms with Crippen molar-refractivity contribution >= 4 is 22.9 Å². The molecule has 0 aliphatic carbocycles. The first kappa shape index (κ1) is 9.29. The number of aromatic nitrogens is 1. The van der Waals surface area contributed by atoms with Crippen molar-refractivity contribution < 1.29 is 13.2 Å². The van der Waals surface area contributed by atoms with Gasteiger partial charge in [0.2, 0.25) is 0 Å². The number of thiazole rings is 1. The van der Waals surface area contributed by atoms with Gasteiger partial charge in [-0.25, -0.2) is 4.98 Å². The van der Waals surface area contributed by atoms with Crippen LogP contribution in [-0.2, 0) is 6.18 Å². The van der Waals surface area contributed by atoms with Crippen molar-refractivity contribution in [3.63, 3.8) is 0 Å². The van der Waals surface area contributed by atoms with E-state index in [4.69, 9.17) is 16.9 Å². The van der Waals surface area contributed by atoms with E-state index < -0.39 is 16.7 Å². The van der Waals surface area contributed by atoms with Crippen molar-refractivity contribution in [1.29, 1.82) is 5.26 Å². The van der Waals surface area contributed by atoms with Crippen LogP contribution in [0.25, 0.3) is 0 Å². The molecule has 1 aromatic heterocycles. The predicted molar refractivity (Wildman–Crippen MR) is 36.8 cm³/mol. The first-order valence-electron chi connectivity index (χ1n) is 2.58. The van der Waals surface area contributed by atoms with E-state index in [2.05, 4.69) is 4.98 Å². The Kier molecular flexibility index (Phi) is 2.26. The summed E-state index contributed by atoms with van der Waals surface area (Å²) in [6, 6.07) is 1.37. The molecule has 12 heavy (non-hydrogen) atoms. The second-order valence-electron chi connectivity index (χ2n) is 1.75. The van der Waals surface area contributed by atoms with Gasteiger partial charge < -0.3 is 0 Å². The zero-order valence-corrected chi connectivity index (χ0v) is 6.89. The highest BCUT2D eigenvalue weighted by Crippen LogP contribution is 2.35. The Morgan fingerprint density at radius 2 is 2.08 bits per heavy atom. The van der Waals surface area contributed by atoms with Gasteiger partial charge in [0.1, 0.15) is 10.9 Å². The molecule has 0 amide bonds. The minimum Gasteiger partial charge on any atom is -0.219 e. The zero-order chi connectivity index (χ0) is 9.35. The average Bonchev–Trinajstić information content (AvgIpc) is 2.29. The molecule has 0 aliphatic rings. The molecule has 1 aromatic rings. The van der Waals surface area contributed by atoms with Crippen LogP contribution in [0.2, 0.25) is 4.47 Å². The first-order chi connectivity index (χ1) is 5.45. The van der Waals surface area contributed by atoms with Crippen molar-refractivity contribution in [1.82, 2.24) is 4.98 Å². The van der Waals surface area contributed by atoms with Crippen LogP contribution in [0.4, 0.5) is 13.2 Å². The molecule has 0 unspecified atom stereocenters. The van der Waals surface area contributed by atoms with E-state index in [1.165, 1.54) is 6.07 Å². The van der Waals surface area contributed by atoms with Gasteiger partial charge in [0.05, 0.1) is 0 Å². The van der Waals surface area contributed by atoms with Crippen LogP contribution in [0.5, 0.6) is 0 Å². The Labute approximate surface area is 74.2 Å². The molecule has 0 spiro atoms. The maximum absolute atomic E-state index is 12.0. The number of nitrogens with zero attached hydrogens (tertiary/aromatic N) is 2. The summed E-state index contributed by atoms with van der Waals surface area (Å²) in [6.07, 6.45) is -4.60. The van der Waals surface area contributed by atoms with Crippen molar-refractivity contribution in [3.05, 3.63) is 15.0 Å². The molecule has 64 valence electrons. The summed E-state index contributed by atoms with van der Waals surface area (Å²) in [5.41, 5.74) is -1.21. The van der Waals surface area contributed by atoms with Crippen molar-refractivity contribution in [3.8, 4) is 6.07 Å². The first-order valence-corrected chi connectivity index (χ1v) is 3.78. The van der Waals surface area contributed by atoms with Crippen molar-refractivity contribution in [2.24, 2.45) is 0 Å². The standard InChI is InChI=1S/C5ClF3N2S/c6-4-11-3(5(7,8)9)2(1-10)12-4. The average molecular weight is 213 g/mol. The van der Waals surface area contributed by atoms with Crippen LogP contribution in [0, 0.1) is 11.3 Å². The second-order valence-corrected chi connectivity index (χ2v) is 3.34. The summed E-state index contributed by atoms with van der Waals surface area (Å²) in [5, 5.41) is 8.26. The quantitative estimate of drug-likeness (QED) is 0.663. The lowest BCUT2D eigenvalue weighted by molar-refractivity contribution is -0.140. The molecule has 0 aromatic carbocycles. The van der Waals surface area contributed by atoms with Crippen LogP contribution < -0.4 is 0 Å². The Hall–Kier alpha value is -0.800. The molecule has 0 radical (unpaired) electrons. The van der Waals surface area contributed by atoms with E-state index in [-0.39, 0.29) is 4.47 Å². The third-order valence-corrected chi connectivity index (χ3v) is 2.04. The molecule has 0 aliphatic heterocycles. The lowest BCUT2D eigenvalue weighted by Gasteiger charge is -2.00. The fourth-order valence-corrected chi connectivity index (χ4v) is 1.49. The maximum atomic E-state index is 12.0. The van der Waals surface area contributed by atoms with Gasteiger partial charge in [0.25, 0.3) is 0 Å². The van der Waals surface area contributed by atoms with Gasteiger partial charge in [-0.3, -0.25) is 0 Å². The molecule has 0 saturated carbocycles. The van der Waals surface area contributed by atoms with Gasteiger partial charge in [-0.2, -0.15) is 18.4 Å². The summed E-state index contributed by atoms with van der Waals surface area (Å²) in [6.45, 7) is 0. The largest absolute Gasteiger partial charge is 0.435 e. The lowest BCUT2D eigenvalue weighted by atomic mass is 10.4. The molecule has 1 heterocycles. The fraction of sp³-hybridized carbons (Fsp3) is 0.200. The topological polar surface area (TPSA) is 36.7 Å². The minimum absolute atomic E-state index is 0.279. The number of alkyl halides is 3. The Balaban J connectivity index is 3.25. The Bertz CT molecular complexity index is 337. The second kappa shape index (κ2) is 2.92. The monoisotopic (exact) mass is 212 g/mol. The van der Waals surface area contributed by atoms with Crippen molar-refractivity contribution in [2.45, 2.75) is 6.18 Å². The smallest absolute Gasteiger partial charge is 0.219 e. The molecule has 1 rings (SSSR count). The lowest BCUT2D eigenvalue weighted by Crippen LogP contribution is -2.07. The summed E-state index contributed by atoms with van der Waals surface area (Å²) in [5.74, 6) is 0. The van der Waals surface area contributed by atoms with Gasteiger partial charge in [-0.05, 0) is 0 Å². The highest BCUT2D eigenvalue weighted by Gasteiger charge is 2.37. The van der Waals surface area contributed by atoms with Gasteiger partial charge in [-0.15, -0.1) is 0 Å². The third-order valence-electron chi connectivity index (χ3n) is 0.971. The number of nitriles is 1. The molecular formula is C5ClF3N2S. The Morgan fingerprint density at radius 3 is 2.42 bits per heavy atom. The van der Waals surface area contributed by atoms with E-state index in [0.29, 0.717) is 11.3 Å². The normalized spacial score (nSPS) is 11.2. The molecule has 0 bridgehead atoms. The van der Waals surface area contributed by atoms with Crippen LogP contribution >= 0.6 is 22.9 Å². The fourth-order valence-electron chi connectivity index (χ4n) is 0.562. The van der Waals surface area contributed by atoms with Crippen LogP contribution in [0.3, 0.4) is 0 Å². The molecule has 2 nitrogen and oxygen atoms in total. The van der Waals surface area contributed by atoms with E-state index >= 15 is 0 Å². The van der Waals surface area contributed by atoms with Gasteiger partial charge in [-0.1, -0.05) is 22.9 Å². The molecule has 0 saturated heterocycles.